The molecule has 0 spiro atoms. The van der Waals surface area contributed by atoms with E-state index in [4.69, 9.17) is 0 Å². The Bertz CT molecular complexity index is 386. The van der Waals surface area contributed by atoms with Gasteiger partial charge in [0, 0.05) is 30.9 Å². The van der Waals surface area contributed by atoms with Gasteiger partial charge in [0.1, 0.15) is 0 Å². The predicted molar refractivity (Wildman–Crippen MR) is 69.3 cm³/mol. The average Bonchev–Trinajstić information content (AvgIpc) is 2.89. The molecule has 0 bridgehead atoms. The highest BCUT2D eigenvalue weighted by Gasteiger charge is 2.13. The quantitative estimate of drug-likeness (QED) is 0.732. The maximum Gasteiger partial charge on any atom is 0.251 e. The molecule has 1 unspecified atom stereocenters. The topological polar surface area (TPSA) is 53.2 Å². The smallest absolute Gasteiger partial charge is 0.251 e. The fraction of sp³-hybridized carbons (Fsp3) is 0.462. The molecule has 1 heterocycles. The van der Waals surface area contributed by atoms with Gasteiger partial charge in [-0.15, -0.1) is 0 Å². The summed E-state index contributed by atoms with van der Waals surface area (Å²) < 4.78 is 0. The van der Waals surface area contributed by atoms with Gasteiger partial charge in [-0.3, -0.25) is 4.79 Å². The van der Waals surface area contributed by atoms with Crippen LogP contribution in [0.5, 0.6) is 0 Å². The van der Waals surface area contributed by atoms with Gasteiger partial charge in [0.15, 0.2) is 0 Å². The summed E-state index contributed by atoms with van der Waals surface area (Å²) in [5.41, 5.74) is 1.69. The minimum Gasteiger partial charge on any atom is -0.383 e. The summed E-state index contributed by atoms with van der Waals surface area (Å²) in [6.07, 6.45) is 2.48. The van der Waals surface area contributed by atoms with E-state index in [-0.39, 0.29) is 5.91 Å². The second-order valence-corrected chi connectivity index (χ2v) is 4.33. The van der Waals surface area contributed by atoms with Gasteiger partial charge < -0.3 is 16.0 Å². The lowest BCUT2D eigenvalue weighted by molar-refractivity contribution is 0.0963. The van der Waals surface area contributed by atoms with Gasteiger partial charge in [-0.05, 0) is 37.6 Å². The molecule has 4 heteroatoms. The van der Waals surface area contributed by atoms with Crippen LogP contribution in [0.1, 0.15) is 23.2 Å². The molecule has 1 amide bonds. The minimum absolute atomic E-state index is 0.0485. The third kappa shape index (κ3) is 3.20. The van der Waals surface area contributed by atoms with Crippen LogP contribution in [-0.4, -0.2) is 32.1 Å². The first kappa shape index (κ1) is 11.9. The zero-order chi connectivity index (χ0) is 12.1. The lowest BCUT2D eigenvalue weighted by Gasteiger charge is -2.13. The van der Waals surface area contributed by atoms with Crippen molar-refractivity contribution < 1.29 is 4.79 Å². The Morgan fingerprint density at radius 1 is 1.53 bits per heavy atom. The molecule has 0 aromatic heterocycles. The van der Waals surface area contributed by atoms with Crippen LogP contribution in [0.15, 0.2) is 24.3 Å². The van der Waals surface area contributed by atoms with Crippen LogP contribution in [0, 0.1) is 0 Å². The molecule has 0 aliphatic carbocycles. The molecular formula is C13H19N3O. The summed E-state index contributed by atoms with van der Waals surface area (Å²) in [5.74, 6) is -0.0485. The van der Waals surface area contributed by atoms with Crippen molar-refractivity contribution in [3.05, 3.63) is 29.8 Å². The van der Waals surface area contributed by atoms with Crippen LogP contribution in [0.3, 0.4) is 0 Å². The fourth-order valence-electron chi connectivity index (χ4n) is 2.09. The Balaban J connectivity index is 1.93. The van der Waals surface area contributed by atoms with E-state index in [2.05, 4.69) is 16.0 Å². The highest BCUT2D eigenvalue weighted by atomic mass is 16.1. The SMILES string of the molecule is CNC(=O)c1cccc(NCC2CCCN2)c1. The number of anilines is 1. The third-order valence-electron chi connectivity index (χ3n) is 3.07. The summed E-state index contributed by atoms with van der Waals surface area (Å²) >= 11 is 0. The van der Waals surface area contributed by atoms with Gasteiger partial charge in [-0.1, -0.05) is 6.07 Å². The predicted octanol–water partition coefficient (Wildman–Crippen LogP) is 1.21. The van der Waals surface area contributed by atoms with Crippen molar-refractivity contribution in [1.29, 1.82) is 0 Å². The highest BCUT2D eigenvalue weighted by molar-refractivity contribution is 5.94. The zero-order valence-electron chi connectivity index (χ0n) is 10.1. The van der Waals surface area contributed by atoms with Crippen LogP contribution in [0.25, 0.3) is 0 Å². The van der Waals surface area contributed by atoms with Crippen LogP contribution >= 0.6 is 0 Å². The Labute approximate surface area is 102 Å². The van der Waals surface area contributed by atoms with E-state index >= 15 is 0 Å². The van der Waals surface area contributed by atoms with E-state index in [1.54, 1.807) is 7.05 Å². The van der Waals surface area contributed by atoms with Crippen LogP contribution in [0.2, 0.25) is 0 Å². The fourth-order valence-corrected chi connectivity index (χ4v) is 2.09. The normalized spacial score (nSPS) is 19.0. The first-order valence-electron chi connectivity index (χ1n) is 6.09. The van der Waals surface area contributed by atoms with Gasteiger partial charge in [-0.25, -0.2) is 0 Å². The molecule has 2 rings (SSSR count). The molecule has 1 fully saturated rings. The standard InChI is InChI=1S/C13H19N3O/c1-14-13(17)10-4-2-5-11(8-10)16-9-12-6-3-7-15-12/h2,4-5,8,12,15-16H,3,6-7,9H2,1H3,(H,14,17). The molecule has 0 saturated carbocycles. The summed E-state index contributed by atoms with van der Waals surface area (Å²) in [4.78, 5) is 11.5. The molecule has 3 N–H and O–H groups in total. The third-order valence-corrected chi connectivity index (χ3v) is 3.07. The Morgan fingerprint density at radius 3 is 3.12 bits per heavy atom. The monoisotopic (exact) mass is 233 g/mol. The van der Waals surface area contributed by atoms with E-state index < -0.39 is 0 Å². The molecule has 4 nitrogen and oxygen atoms in total. The average molecular weight is 233 g/mol. The molecule has 1 aromatic carbocycles. The highest BCUT2D eigenvalue weighted by Crippen LogP contribution is 2.12. The number of hydrogen-bond donors (Lipinski definition) is 3. The molecule has 92 valence electrons. The number of amides is 1. The van der Waals surface area contributed by atoms with Crippen molar-refractivity contribution in [1.82, 2.24) is 10.6 Å². The Morgan fingerprint density at radius 2 is 2.41 bits per heavy atom. The van der Waals surface area contributed by atoms with Crippen molar-refractivity contribution in [2.75, 3.05) is 25.5 Å². The van der Waals surface area contributed by atoms with Crippen molar-refractivity contribution in [2.45, 2.75) is 18.9 Å². The molecule has 0 radical (unpaired) electrons. The van der Waals surface area contributed by atoms with E-state index in [0.717, 1.165) is 18.8 Å². The van der Waals surface area contributed by atoms with Gasteiger partial charge in [0.2, 0.25) is 0 Å². The minimum atomic E-state index is -0.0485. The summed E-state index contributed by atoms with van der Waals surface area (Å²) in [6.45, 7) is 2.03. The molecule has 17 heavy (non-hydrogen) atoms. The number of nitrogens with one attached hydrogen (secondary N) is 3. The summed E-state index contributed by atoms with van der Waals surface area (Å²) in [5, 5.41) is 9.42. The first-order chi connectivity index (χ1) is 8.29. The molecule has 1 saturated heterocycles. The first-order valence-corrected chi connectivity index (χ1v) is 6.09. The summed E-state index contributed by atoms with van der Waals surface area (Å²) in [6, 6.07) is 8.14. The Hall–Kier alpha value is -1.55. The Kier molecular flexibility index (Phi) is 3.98. The molecule has 1 aliphatic heterocycles. The van der Waals surface area contributed by atoms with Crippen molar-refractivity contribution in [3.8, 4) is 0 Å². The van der Waals surface area contributed by atoms with Crippen molar-refractivity contribution in [2.24, 2.45) is 0 Å². The van der Waals surface area contributed by atoms with Gasteiger partial charge in [0.25, 0.3) is 5.91 Å². The van der Waals surface area contributed by atoms with Gasteiger partial charge in [0.05, 0.1) is 0 Å². The van der Waals surface area contributed by atoms with E-state index in [1.807, 2.05) is 24.3 Å². The maximum absolute atomic E-state index is 11.5. The number of carbonyl (C=O) groups is 1. The van der Waals surface area contributed by atoms with E-state index in [9.17, 15) is 4.79 Å². The number of carbonyl (C=O) groups excluding carboxylic acids is 1. The van der Waals surface area contributed by atoms with Crippen molar-refractivity contribution in [3.63, 3.8) is 0 Å². The molecule has 1 atom stereocenters. The van der Waals surface area contributed by atoms with Crippen LogP contribution < -0.4 is 16.0 Å². The van der Waals surface area contributed by atoms with Gasteiger partial charge in [-0.2, -0.15) is 0 Å². The summed E-state index contributed by atoms with van der Waals surface area (Å²) in [7, 11) is 1.64. The second kappa shape index (κ2) is 5.68. The second-order valence-electron chi connectivity index (χ2n) is 4.33. The lowest BCUT2D eigenvalue weighted by atomic mass is 10.1. The zero-order valence-corrected chi connectivity index (χ0v) is 10.1. The maximum atomic E-state index is 11.5. The number of hydrogen-bond acceptors (Lipinski definition) is 3. The number of benzene rings is 1. The molecule has 1 aliphatic rings. The van der Waals surface area contributed by atoms with Crippen molar-refractivity contribution >= 4 is 11.6 Å². The largest absolute Gasteiger partial charge is 0.383 e. The van der Waals surface area contributed by atoms with Crippen LogP contribution in [0.4, 0.5) is 5.69 Å². The van der Waals surface area contributed by atoms with Gasteiger partial charge >= 0.3 is 0 Å². The number of rotatable bonds is 4. The lowest BCUT2D eigenvalue weighted by Crippen LogP contribution is -2.29. The molecule has 1 aromatic rings. The van der Waals surface area contributed by atoms with Crippen LogP contribution in [-0.2, 0) is 0 Å². The van der Waals surface area contributed by atoms with E-state index in [0.29, 0.717) is 11.6 Å². The molecular weight excluding hydrogens is 214 g/mol. The van der Waals surface area contributed by atoms with E-state index in [1.165, 1.54) is 12.8 Å².